The van der Waals surface area contributed by atoms with E-state index in [1.807, 2.05) is 36.7 Å². The molecular weight excluding hydrogens is 422 g/mol. The topological polar surface area (TPSA) is 81.9 Å². The van der Waals surface area contributed by atoms with E-state index < -0.39 is 0 Å². The third-order valence-corrected chi connectivity index (χ3v) is 5.19. The Balaban J connectivity index is 0.00000256. The van der Waals surface area contributed by atoms with Gasteiger partial charge < -0.3 is 10.1 Å². The summed E-state index contributed by atoms with van der Waals surface area (Å²) in [6.45, 7) is 2.13. The fourth-order valence-electron chi connectivity index (χ4n) is 2.96. The summed E-state index contributed by atoms with van der Waals surface area (Å²) < 4.78 is 6.84. The first-order chi connectivity index (χ1) is 14.2. The summed E-state index contributed by atoms with van der Waals surface area (Å²) in [5.41, 5.74) is 3.06. The first-order valence-corrected chi connectivity index (χ1v) is 9.98. The molecular formula is C21H20ClN5O2S. The van der Waals surface area contributed by atoms with Crippen LogP contribution in [0.5, 0.6) is 0 Å². The molecule has 3 aromatic heterocycles. The largest absolute Gasteiger partial charge is 0.462 e. The van der Waals surface area contributed by atoms with Crippen molar-refractivity contribution in [2.75, 3.05) is 19.0 Å². The zero-order chi connectivity index (χ0) is 20.2. The molecule has 0 saturated carbocycles. The Morgan fingerprint density at radius 3 is 2.60 bits per heavy atom. The maximum absolute atomic E-state index is 12.0. The van der Waals surface area contributed by atoms with Crippen LogP contribution < -0.4 is 5.32 Å². The van der Waals surface area contributed by atoms with Crippen LogP contribution in [0.25, 0.3) is 27.6 Å². The summed E-state index contributed by atoms with van der Waals surface area (Å²) in [6.07, 6.45) is 5.14. The number of thiophene rings is 1. The van der Waals surface area contributed by atoms with E-state index in [2.05, 4.69) is 15.3 Å². The number of halogens is 1. The maximum Gasteiger partial charge on any atom is 0.338 e. The van der Waals surface area contributed by atoms with E-state index >= 15 is 0 Å². The van der Waals surface area contributed by atoms with Gasteiger partial charge >= 0.3 is 5.97 Å². The molecule has 1 aromatic carbocycles. The van der Waals surface area contributed by atoms with E-state index in [0.717, 1.165) is 27.5 Å². The van der Waals surface area contributed by atoms with Crippen LogP contribution in [-0.4, -0.2) is 39.1 Å². The van der Waals surface area contributed by atoms with Gasteiger partial charge in [-0.1, -0.05) is 18.2 Å². The molecule has 4 aromatic rings. The molecule has 4 rings (SSSR count). The minimum Gasteiger partial charge on any atom is -0.462 e. The van der Waals surface area contributed by atoms with Crippen LogP contribution in [0.3, 0.4) is 0 Å². The van der Waals surface area contributed by atoms with Crippen LogP contribution >= 0.6 is 23.7 Å². The Morgan fingerprint density at radius 1 is 1.20 bits per heavy atom. The number of anilines is 1. The lowest BCUT2D eigenvalue weighted by Gasteiger charge is -2.15. The number of nitrogens with zero attached hydrogens (tertiary/aromatic N) is 4. The summed E-state index contributed by atoms with van der Waals surface area (Å²) in [5.74, 6) is 0.891. The summed E-state index contributed by atoms with van der Waals surface area (Å²) in [6, 6.07) is 11.3. The number of aromatic nitrogens is 4. The Morgan fingerprint density at radius 2 is 2.00 bits per heavy atom. The first-order valence-electron chi connectivity index (χ1n) is 9.10. The Hall–Kier alpha value is -3.23. The third kappa shape index (κ3) is 4.19. The van der Waals surface area contributed by atoms with Crippen LogP contribution in [-0.2, 0) is 4.74 Å². The lowest BCUT2D eigenvalue weighted by Crippen LogP contribution is -2.07. The van der Waals surface area contributed by atoms with Crippen molar-refractivity contribution in [2.24, 2.45) is 0 Å². The van der Waals surface area contributed by atoms with Crippen molar-refractivity contribution in [2.45, 2.75) is 6.92 Å². The van der Waals surface area contributed by atoms with E-state index in [0.29, 0.717) is 18.1 Å². The van der Waals surface area contributed by atoms with E-state index in [-0.39, 0.29) is 18.4 Å². The highest BCUT2D eigenvalue weighted by Gasteiger charge is 2.19. The summed E-state index contributed by atoms with van der Waals surface area (Å²) in [7, 11) is 1.84. The predicted octanol–water partition coefficient (Wildman–Crippen LogP) is 4.70. The second kappa shape index (κ2) is 9.51. The van der Waals surface area contributed by atoms with E-state index in [1.54, 1.807) is 53.7 Å². The molecule has 0 aliphatic carbocycles. The van der Waals surface area contributed by atoms with Crippen molar-refractivity contribution in [3.05, 3.63) is 66.1 Å². The molecule has 0 spiro atoms. The Kier molecular flexibility index (Phi) is 6.81. The second-order valence-corrected chi connectivity index (χ2v) is 7.04. The molecule has 30 heavy (non-hydrogen) atoms. The number of ether oxygens (including phenoxy) is 1. The average molecular weight is 442 g/mol. The van der Waals surface area contributed by atoms with Crippen molar-refractivity contribution in [1.82, 2.24) is 19.5 Å². The number of imidazole rings is 1. The van der Waals surface area contributed by atoms with Gasteiger partial charge in [-0.3, -0.25) is 4.57 Å². The van der Waals surface area contributed by atoms with Gasteiger partial charge in [0.2, 0.25) is 5.95 Å². The number of carbonyl (C=O) groups is 1. The number of carbonyl (C=O) groups excluding carboxylic acids is 1. The molecule has 0 bridgehead atoms. The SMILES string of the molecule is CCOC(=O)c1ccc(-c2nc(-n3ccnc3)nc(NC)c2-c2cccs2)cc1.Cl. The molecule has 7 nitrogen and oxygen atoms in total. The van der Waals surface area contributed by atoms with Gasteiger partial charge in [0.05, 0.1) is 23.4 Å². The fourth-order valence-corrected chi connectivity index (χ4v) is 3.74. The minimum atomic E-state index is -0.338. The van der Waals surface area contributed by atoms with Gasteiger partial charge in [0.1, 0.15) is 12.1 Å². The molecule has 0 aliphatic rings. The highest BCUT2D eigenvalue weighted by atomic mass is 35.5. The highest BCUT2D eigenvalue weighted by Crippen LogP contribution is 2.38. The molecule has 0 radical (unpaired) electrons. The van der Waals surface area contributed by atoms with Gasteiger partial charge in [0.15, 0.2) is 0 Å². The molecule has 1 N–H and O–H groups in total. The maximum atomic E-state index is 12.0. The molecule has 0 atom stereocenters. The van der Waals surface area contributed by atoms with Gasteiger partial charge in [-0.05, 0) is 30.5 Å². The van der Waals surface area contributed by atoms with Gasteiger partial charge in [0.25, 0.3) is 0 Å². The highest BCUT2D eigenvalue weighted by molar-refractivity contribution is 7.13. The number of nitrogens with one attached hydrogen (secondary N) is 1. The average Bonchev–Trinajstić information content (AvgIpc) is 3.47. The minimum absolute atomic E-state index is 0. The molecule has 0 aliphatic heterocycles. The second-order valence-electron chi connectivity index (χ2n) is 6.09. The number of hydrogen-bond donors (Lipinski definition) is 1. The summed E-state index contributed by atoms with van der Waals surface area (Å²) >= 11 is 1.62. The van der Waals surface area contributed by atoms with Crippen molar-refractivity contribution < 1.29 is 9.53 Å². The standard InChI is InChI=1S/C21H19N5O2S.ClH/c1-3-28-20(27)15-8-6-14(7-9-15)18-17(16-5-4-12-29-16)19(22-2)25-21(24-18)26-11-10-23-13-26;/h4-13H,3H2,1-2H3,(H,22,24,25);1H. The number of esters is 1. The zero-order valence-electron chi connectivity index (χ0n) is 16.4. The molecule has 0 amide bonds. The van der Waals surface area contributed by atoms with Crippen molar-refractivity contribution in [1.29, 1.82) is 0 Å². The van der Waals surface area contributed by atoms with Crippen LogP contribution in [0, 0.1) is 0 Å². The molecule has 9 heteroatoms. The van der Waals surface area contributed by atoms with Crippen LogP contribution in [0.4, 0.5) is 5.82 Å². The van der Waals surface area contributed by atoms with E-state index in [4.69, 9.17) is 9.72 Å². The Bertz CT molecular complexity index is 1110. The van der Waals surface area contributed by atoms with Crippen molar-refractivity contribution >= 4 is 35.5 Å². The van der Waals surface area contributed by atoms with Gasteiger partial charge in [-0.2, -0.15) is 4.98 Å². The monoisotopic (exact) mass is 441 g/mol. The molecule has 3 heterocycles. The van der Waals surface area contributed by atoms with Gasteiger partial charge in [-0.15, -0.1) is 23.7 Å². The molecule has 154 valence electrons. The van der Waals surface area contributed by atoms with Crippen molar-refractivity contribution in [3.63, 3.8) is 0 Å². The molecule has 0 unspecified atom stereocenters. The van der Waals surface area contributed by atoms with Crippen LogP contribution in [0.15, 0.2) is 60.5 Å². The number of benzene rings is 1. The van der Waals surface area contributed by atoms with Crippen LogP contribution in [0.2, 0.25) is 0 Å². The van der Waals surface area contributed by atoms with E-state index in [9.17, 15) is 4.79 Å². The van der Waals surface area contributed by atoms with Gasteiger partial charge in [0, 0.05) is 29.9 Å². The molecule has 0 fully saturated rings. The zero-order valence-corrected chi connectivity index (χ0v) is 18.0. The smallest absolute Gasteiger partial charge is 0.338 e. The fraction of sp³-hybridized carbons (Fsp3) is 0.143. The lowest BCUT2D eigenvalue weighted by atomic mass is 10.0. The summed E-state index contributed by atoms with van der Waals surface area (Å²) in [4.78, 5) is 26.6. The van der Waals surface area contributed by atoms with Crippen LogP contribution in [0.1, 0.15) is 17.3 Å². The number of hydrogen-bond acceptors (Lipinski definition) is 7. The summed E-state index contributed by atoms with van der Waals surface area (Å²) in [5, 5.41) is 5.21. The third-order valence-electron chi connectivity index (χ3n) is 4.31. The first kappa shape index (κ1) is 21.5. The van der Waals surface area contributed by atoms with Crippen molar-refractivity contribution in [3.8, 4) is 27.6 Å². The lowest BCUT2D eigenvalue weighted by molar-refractivity contribution is 0.0526. The normalized spacial score (nSPS) is 10.3. The quantitative estimate of drug-likeness (QED) is 0.437. The predicted molar refractivity (Wildman–Crippen MR) is 121 cm³/mol. The Labute approximate surface area is 184 Å². The van der Waals surface area contributed by atoms with E-state index in [1.165, 1.54) is 0 Å². The molecule has 0 saturated heterocycles. The number of rotatable bonds is 6. The van der Waals surface area contributed by atoms with Gasteiger partial charge in [-0.25, -0.2) is 14.8 Å².